The molecule has 21 heavy (non-hydrogen) atoms. The number of thiazole rings is 1. The Morgan fingerprint density at radius 3 is 2.86 bits per heavy atom. The zero-order chi connectivity index (χ0) is 15.0. The van der Waals surface area contributed by atoms with Crippen molar-refractivity contribution in [2.45, 2.75) is 26.1 Å². The summed E-state index contributed by atoms with van der Waals surface area (Å²) in [5.41, 5.74) is 0.801. The van der Waals surface area contributed by atoms with E-state index in [0.29, 0.717) is 0 Å². The van der Waals surface area contributed by atoms with Crippen molar-refractivity contribution in [3.63, 3.8) is 0 Å². The average Bonchev–Trinajstić information content (AvgIpc) is 2.95. The minimum Gasteiger partial charge on any atom is -0.478 e. The van der Waals surface area contributed by atoms with Gasteiger partial charge in [0.15, 0.2) is 10.8 Å². The topological polar surface area (TPSA) is 67.1 Å². The molecular weight excluding hydrogens is 290 g/mol. The van der Waals surface area contributed by atoms with E-state index in [4.69, 9.17) is 9.84 Å². The standard InChI is InChI=1S/C14H17N3O3S/c1-9-7-16(8-10(2)20-9)13-11(3-4-12(18)19)17-5-6-21-14(17)15-13/h3-6,9-10H,7-8H2,1-2H3,(H,18,19)/b4-3+/t9-,10+. The summed E-state index contributed by atoms with van der Waals surface area (Å²) in [6.45, 7) is 5.58. The van der Waals surface area contributed by atoms with Crippen LogP contribution in [-0.2, 0) is 9.53 Å². The number of imidazole rings is 1. The fourth-order valence-electron chi connectivity index (χ4n) is 2.68. The normalized spacial score (nSPS) is 23.2. The number of carboxylic acid groups (broad SMARTS) is 1. The third kappa shape index (κ3) is 2.79. The maximum Gasteiger partial charge on any atom is 0.328 e. The van der Waals surface area contributed by atoms with Crippen LogP contribution in [0.25, 0.3) is 11.0 Å². The zero-order valence-electron chi connectivity index (χ0n) is 11.9. The highest BCUT2D eigenvalue weighted by atomic mass is 32.1. The van der Waals surface area contributed by atoms with Gasteiger partial charge in [-0.3, -0.25) is 4.40 Å². The quantitative estimate of drug-likeness (QED) is 0.880. The lowest BCUT2D eigenvalue weighted by Gasteiger charge is -2.35. The molecule has 6 nitrogen and oxygen atoms in total. The fourth-order valence-corrected chi connectivity index (χ4v) is 3.40. The molecule has 1 aliphatic heterocycles. The monoisotopic (exact) mass is 307 g/mol. The number of hydrogen-bond donors (Lipinski definition) is 1. The molecule has 0 radical (unpaired) electrons. The second-order valence-corrected chi connectivity index (χ2v) is 6.08. The molecule has 2 aromatic heterocycles. The van der Waals surface area contributed by atoms with Gasteiger partial charge in [0.25, 0.3) is 0 Å². The van der Waals surface area contributed by atoms with Gasteiger partial charge in [-0.25, -0.2) is 9.78 Å². The molecule has 2 atom stereocenters. The van der Waals surface area contributed by atoms with Gasteiger partial charge >= 0.3 is 5.97 Å². The Kier molecular flexibility index (Phi) is 3.69. The molecule has 2 aromatic rings. The summed E-state index contributed by atoms with van der Waals surface area (Å²) in [5.74, 6) is -0.142. The van der Waals surface area contributed by atoms with E-state index in [1.54, 1.807) is 6.08 Å². The molecular formula is C14H17N3O3S. The number of carboxylic acids is 1. The molecule has 1 fully saturated rings. The van der Waals surface area contributed by atoms with Crippen LogP contribution in [0.1, 0.15) is 19.5 Å². The minimum absolute atomic E-state index is 0.129. The van der Waals surface area contributed by atoms with Crippen LogP contribution in [0.4, 0.5) is 5.82 Å². The van der Waals surface area contributed by atoms with E-state index in [1.807, 2.05) is 29.8 Å². The van der Waals surface area contributed by atoms with Gasteiger partial charge in [0.2, 0.25) is 0 Å². The third-order valence-electron chi connectivity index (χ3n) is 3.38. The highest BCUT2D eigenvalue weighted by molar-refractivity contribution is 7.15. The molecule has 1 saturated heterocycles. The molecule has 1 N–H and O–H groups in total. The van der Waals surface area contributed by atoms with Crippen molar-refractivity contribution >= 4 is 34.2 Å². The molecule has 7 heteroatoms. The van der Waals surface area contributed by atoms with Crippen molar-refractivity contribution in [3.8, 4) is 0 Å². The number of aromatic nitrogens is 2. The Morgan fingerprint density at radius 2 is 2.19 bits per heavy atom. The van der Waals surface area contributed by atoms with E-state index in [0.717, 1.165) is 35.6 Å². The van der Waals surface area contributed by atoms with Crippen LogP contribution in [0, 0.1) is 0 Å². The average molecular weight is 307 g/mol. The summed E-state index contributed by atoms with van der Waals surface area (Å²) in [6.07, 6.45) is 4.92. The van der Waals surface area contributed by atoms with E-state index in [9.17, 15) is 4.79 Å². The lowest BCUT2D eigenvalue weighted by Crippen LogP contribution is -2.45. The summed E-state index contributed by atoms with van der Waals surface area (Å²) in [4.78, 5) is 18.5. The van der Waals surface area contributed by atoms with E-state index in [2.05, 4.69) is 9.88 Å². The number of aliphatic carboxylic acids is 1. The maximum absolute atomic E-state index is 10.8. The second kappa shape index (κ2) is 5.50. The van der Waals surface area contributed by atoms with Gasteiger partial charge in [-0.15, -0.1) is 11.3 Å². The highest BCUT2D eigenvalue weighted by Crippen LogP contribution is 2.28. The Morgan fingerprint density at radius 1 is 1.48 bits per heavy atom. The molecule has 0 aliphatic carbocycles. The number of hydrogen-bond acceptors (Lipinski definition) is 5. The zero-order valence-corrected chi connectivity index (χ0v) is 12.7. The molecule has 112 valence electrons. The number of morpholine rings is 1. The first-order chi connectivity index (χ1) is 10.0. The van der Waals surface area contributed by atoms with Gasteiger partial charge < -0.3 is 14.7 Å². The van der Waals surface area contributed by atoms with Crippen LogP contribution in [0.15, 0.2) is 17.7 Å². The number of rotatable bonds is 3. The summed E-state index contributed by atoms with van der Waals surface area (Å²) < 4.78 is 7.67. The fraction of sp³-hybridized carbons (Fsp3) is 0.429. The van der Waals surface area contributed by atoms with Crippen LogP contribution >= 0.6 is 11.3 Å². The predicted molar refractivity (Wildman–Crippen MR) is 82.0 cm³/mol. The van der Waals surface area contributed by atoms with Crippen molar-refractivity contribution in [1.82, 2.24) is 9.38 Å². The number of anilines is 1. The van der Waals surface area contributed by atoms with Crippen molar-refractivity contribution in [3.05, 3.63) is 23.3 Å². The van der Waals surface area contributed by atoms with E-state index >= 15 is 0 Å². The molecule has 0 amide bonds. The Balaban J connectivity index is 2.02. The van der Waals surface area contributed by atoms with Crippen LogP contribution in [-0.4, -0.2) is 45.8 Å². The number of nitrogens with zero attached hydrogens (tertiary/aromatic N) is 3. The molecule has 3 rings (SSSR count). The van der Waals surface area contributed by atoms with E-state index in [-0.39, 0.29) is 12.2 Å². The summed E-state index contributed by atoms with van der Waals surface area (Å²) >= 11 is 1.53. The van der Waals surface area contributed by atoms with Crippen LogP contribution in [0.5, 0.6) is 0 Å². The highest BCUT2D eigenvalue weighted by Gasteiger charge is 2.26. The second-order valence-electron chi connectivity index (χ2n) is 5.21. The Labute approximate surface area is 126 Å². The van der Waals surface area contributed by atoms with Crippen LogP contribution in [0.3, 0.4) is 0 Å². The van der Waals surface area contributed by atoms with Crippen LogP contribution < -0.4 is 4.90 Å². The first-order valence-electron chi connectivity index (χ1n) is 6.81. The minimum atomic E-state index is -0.963. The first kappa shape index (κ1) is 14.1. The lowest BCUT2D eigenvalue weighted by atomic mass is 10.2. The van der Waals surface area contributed by atoms with Crippen molar-refractivity contribution < 1.29 is 14.6 Å². The maximum atomic E-state index is 10.8. The summed E-state index contributed by atoms with van der Waals surface area (Å²) in [5, 5.41) is 10.8. The predicted octanol–water partition coefficient (Wildman–Crippen LogP) is 2.11. The number of carbonyl (C=O) groups is 1. The molecule has 0 unspecified atom stereocenters. The molecule has 3 heterocycles. The molecule has 0 aromatic carbocycles. The lowest BCUT2D eigenvalue weighted by molar-refractivity contribution is -0.131. The van der Waals surface area contributed by atoms with E-state index in [1.165, 1.54) is 11.3 Å². The smallest absolute Gasteiger partial charge is 0.328 e. The van der Waals surface area contributed by atoms with Gasteiger partial charge in [0.1, 0.15) is 0 Å². The largest absolute Gasteiger partial charge is 0.478 e. The van der Waals surface area contributed by atoms with Gasteiger partial charge in [-0.05, 0) is 19.9 Å². The number of fused-ring (bicyclic) bond motifs is 1. The van der Waals surface area contributed by atoms with Crippen LogP contribution in [0.2, 0.25) is 0 Å². The van der Waals surface area contributed by atoms with Crippen molar-refractivity contribution in [1.29, 1.82) is 0 Å². The summed E-state index contributed by atoms with van der Waals surface area (Å²) in [7, 11) is 0. The molecule has 0 saturated carbocycles. The number of ether oxygens (including phenoxy) is 1. The van der Waals surface area contributed by atoms with Gasteiger partial charge in [0.05, 0.1) is 17.9 Å². The molecule has 0 bridgehead atoms. The third-order valence-corrected chi connectivity index (χ3v) is 4.14. The van der Waals surface area contributed by atoms with Gasteiger partial charge in [-0.2, -0.15) is 0 Å². The molecule has 1 aliphatic rings. The van der Waals surface area contributed by atoms with Crippen molar-refractivity contribution in [2.75, 3.05) is 18.0 Å². The Bertz CT molecular complexity index is 681. The van der Waals surface area contributed by atoms with Crippen molar-refractivity contribution in [2.24, 2.45) is 0 Å². The SMILES string of the molecule is C[C@@H]1CN(c2nc3sccn3c2/C=C/C(=O)O)C[C@H](C)O1. The van der Waals surface area contributed by atoms with E-state index < -0.39 is 5.97 Å². The first-order valence-corrected chi connectivity index (χ1v) is 7.69. The summed E-state index contributed by atoms with van der Waals surface area (Å²) in [6, 6.07) is 0. The Hall–Kier alpha value is -1.86. The van der Waals surface area contributed by atoms with Gasteiger partial charge in [-0.1, -0.05) is 0 Å². The van der Waals surface area contributed by atoms with Gasteiger partial charge in [0, 0.05) is 30.7 Å². The molecule has 0 spiro atoms.